The average Bonchev–Trinajstić information content (AvgIpc) is 3.40. The number of benzene rings is 2. The van der Waals surface area contributed by atoms with Gasteiger partial charge in [0.2, 0.25) is 0 Å². The summed E-state index contributed by atoms with van der Waals surface area (Å²) in [5.41, 5.74) is 3.28. The summed E-state index contributed by atoms with van der Waals surface area (Å²) in [7, 11) is 1.63. The summed E-state index contributed by atoms with van der Waals surface area (Å²) in [6, 6.07) is 14.5. The number of amides is 1. The van der Waals surface area contributed by atoms with E-state index >= 15 is 0 Å². The number of hydrogen-bond donors (Lipinski definition) is 2. The summed E-state index contributed by atoms with van der Waals surface area (Å²) >= 11 is 12.0. The zero-order chi connectivity index (χ0) is 21.1. The Labute approximate surface area is 182 Å². The Balaban J connectivity index is 1.43. The number of H-pyrrole nitrogens is 1. The van der Waals surface area contributed by atoms with Gasteiger partial charge < -0.3 is 10.1 Å². The van der Waals surface area contributed by atoms with Crippen molar-refractivity contribution in [1.29, 1.82) is 0 Å². The van der Waals surface area contributed by atoms with Crippen molar-refractivity contribution in [3.8, 4) is 17.0 Å². The van der Waals surface area contributed by atoms with Gasteiger partial charge in [-0.3, -0.25) is 14.6 Å². The van der Waals surface area contributed by atoms with Crippen molar-refractivity contribution in [3.63, 3.8) is 0 Å². The fourth-order valence-corrected chi connectivity index (χ4v) is 3.21. The second kappa shape index (κ2) is 8.61. The lowest BCUT2D eigenvalue weighted by molar-refractivity contribution is 0.102. The van der Waals surface area contributed by atoms with Gasteiger partial charge in [-0.1, -0.05) is 41.4 Å². The molecule has 0 aliphatic heterocycles. The number of ether oxygens (including phenoxy) is 1. The summed E-state index contributed by atoms with van der Waals surface area (Å²) in [5, 5.41) is 14.9. The highest BCUT2D eigenvalue weighted by atomic mass is 35.5. The van der Waals surface area contributed by atoms with E-state index in [2.05, 4.69) is 20.6 Å². The molecule has 2 aromatic carbocycles. The molecule has 2 heterocycles. The van der Waals surface area contributed by atoms with E-state index in [1.165, 1.54) is 0 Å². The van der Waals surface area contributed by atoms with E-state index in [9.17, 15) is 4.79 Å². The molecule has 0 aliphatic rings. The zero-order valence-electron chi connectivity index (χ0n) is 15.9. The minimum absolute atomic E-state index is 0.316. The van der Waals surface area contributed by atoms with E-state index in [-0.39, 0.29) is 5.91 Å². The molecule has 0 spiro atoms. The molecule has 0 radical (unpaired) electrons. The summed E-state index contributed by atoms with van der Waals surface area (Å²) in [6.45, 7) is 0.554. The van der Waals surface area contributed by atoms with Crippen LogP contribution in [0, 0.1) is 0 Å². The third-order valence-corrected chi connectivity index (χ3v) is 5.15. The molecule has 4 aromatic rings. The van der Waals surface area contributed by atoms with Crippen LogP contribution in [0.25, 0.3) is 11.3 Å². The molecule has 1 amide bonds. The first-order valence-electron chi connectivity index (χ1n) is 8.99. The lowest BCUT2D eigenvalue weighted by Gasteiger charge is -2.04. The summed E-state index contributed by atoms with van der Waals surface area (Å²) in [5.74, 6) is 0.458. The molecule has 152 valence electrons. The summed E-state index contributed by atoms with van der Waals surface area (Å²) in [4.78, 5) is 12.5. The van der Waals surface area contributed by atoms with E-state index in [1.54, 1.807) is 48.5 Å². The predicted octanol–water partition coefficient (Wildman–Crippen LogP) is 4.89. The Morgan fingerprint density at radius 1 is 1.17 bits per heavy atom. The van der Waals surface area contributed by atoms with Crippen LogP contribution in [0.5, 0.6) is 5.75 Å². The van der Waals surface area contributed by atoms with Crippen LogP contribution in [0.2, 0.25) is 10.0 Å². The molecule has 7 nitrogen and oxygen atoms in total. The number of nitrogens with zero attached hydrogens (tertiary/aromatic N) is 3. The highest BCUT2D eigenvalue weighted by molar-refractivity contribution is 6.42. The van der Waals surface area contributed by atoms with Crippen LogP contribution >= 0.6 is 23.2 Å². The first-order valence-corrected chi connectivity index (χ1v) is 9.75. The Morgan fingerprint density at radius 2 is 2.03 bits per heavy atom. The Kier molecular flexibility index (Phi) is 5.74. The molecule has 9 heteroatoms. The fraction of sp³-hybridized carbons (Fsp3) is 0.0952. The van der Waals surface area contributed by atoms with Crippen LogP contribution in [0.4, 0.5) is 5.69 Å². The fourth-order valence-electron chi connectivity index (χ4n) is 2.91. The maximum absolute atomic E-state index is 12.5. The van der Waals surface area contributed by atoms with Crippen molar-refractivity contribution in [2.45, 2.75) is 6.54 Å². The number of carbonyl (C=O) groups excluding carboxylic acids is 1. The first kappa shape index (κ1) is 20.0. The van der Waals surface area contributed by atoms with Gasteiger partial charge in [-0.25, -0.2) is 0 Å². The van der Waals surface area contributed by atoms with Crippen LogP contribution in [0.3, 0.4) is 0 Å². The molecule has 30 heavy (non-hydrogen) atoms. The van der Waals surface area contributed by atoms with Gasteiger partial charge >= 0.3 is 0 Å². The molecule has 0 bridgehead atoms. The number of carbonyl (C=O) groups is 1. The van der Waals surface area contributed by atoms with Gasteiger partial charge in [0.15, 0.2) is 0 Å². The summed E-state index contributed by atoms with van der Waals surface area (Å²) < 4.78 is 6.97. The van der Waals surface area contributed by atoms with E-state index in [0.717, 1.165) is 16.9 Å². The number of rotatable bonds is 6. The van der Waals surface area contributed by atoms with Gasteiger partial charge in [0.1, 0.15) is 11.4 Å². The summed E-state index contributed by atoms with van der Waals surface area (Å²) in [6.07, 6.45) is 3.35. The molecule has 0 unspecified atom stereocenters. The largest absolute Gasteiger partial charge is 0.497 e. The Bertz CT molecular complexity index is 1200. The smallest absolute Gasteiger partial charge is 0.273 e. The number of hydrogen-bond acceptors (Lipinski definition) is 4. The van der Waals surface area contributed by atoms with Crippen LogP contribution in [0.1, 0.15) is 16.1 Å². The number of nitrogens with one attached hydrogen (secondary N) is 2. The molecule has 0 atom stereocenters. The maximum Gasteiger partial charge on any atom is 0.273 e. The monoisotopic (exact) mass is 441 g/mol. The third-order valence-electron chi connectivity index (χ3n) is 4.41. The quantitative estimate of drug-likeness (QED) is 0.445. The molecule has 0 saturated carbocycles. The van der Waals surface area contributed by atoms with Crippen molar-refractivity contribution in [1.82, 2.24) is 20.0 Å². The predicted molar refractivity (Wildman–Crippen MR) is 116 cm³/mol. The molecule has 0 fully saturated rings. The number of aromatic nitrogens is 4. The topological polar surface area (TPSA) is 84.8 Å². The van der Waals surface area contributed by atoms with Crippen LogP contribution < -0.4 is 10.1 Å². The minimum Gasteiger partial charge on any atom is -0.497 e. The molecule has 2 N–H and O–H groups in total. The Hall–Kier alpha value is -3.29. The molecule has 4 rings (SSSR count). The molecular weight excluding hydrogens is 425 g/mol. The van der Waals surface area contributed by atoms with Crippen molar-refractivity contribution < 1.29 is 9.53 Å². The third kappa shape index (κ3) is 4.48. The van der Waals surface area contributed by atoms with Gasteiger partial charge in [-0.05, 0) is 35.9 Å². The number of halogens is 2. The normalized spacial score (nSPS) is 10.8. The van der Waals surface area contributed by atoms with Gasteiger partial charge in [-0.15, -0.1) is 0 Å². The van der Waals surface area contributed by atoms with Crippen molar-refractivity contribution in [3.05, 3.63) is 82.2 Å². The van der Waals surface area contributed by atoms with Gasteiger partial charge in [0, 0.05) is 11.8 Å². The van der Waals surface area contributed by atoms with E-state index < -0.39 is 0 Å². The van der Waals surface area contributed by atoms with E-state index in [0.29, 0.717) is 33.7 Å². The highest BCUT2D eigenvalue weighted by Gasteiger charge is 2.13. The maximum atomic E-state index is 12.5. The minimum atomic E-state index is -0.324. The number of aromatic amines is 1. The lowest BCUT2D eigenvalue weighted by Crippen LogP contribution is -2.11. The SMILES string of the molecule is COc1cccc(Cn2cc(NC(=O)c3cc(-c4ccc(Cl)c(Cl)c4)n[nH]3)cn2)c1. The molecule has 2 aromatic heterocycles. The van der Waals surface area contributed by atoms with Crippen LogP contribution in [0.15, 0.2) is 60.9 Å². The number of methoxy groups -OCH3 is 1. The highest BCUT2D eigenvalue weighted by Crippen LogP contribution is 2.28. The van der Waals surface area contributed by atoms with Gasteiger partial charge in [0.05, 0.1) is 41.3 Å². The second-order valence-corrected chi connectivity index (χ2v) is 7.34. The van der Waals surface area contributed by atoms with Crippen molar-refractivity contribution in [2.75, 3.05) is 12.4 Å². The molecular formula is C21H17Cl2N5O2. The van der Waals surface area contributed by atoms with E-state index in [1.807, 2.05) is 24.3 Å². The first-order chi connectivity index (χ1) is 14.5. The lowest BCUT2D eigenvalue weighted by atomic mass is 10.1. The van der Waals surface area contributed by atoms with E-state index in [4.69, 9.17) is 27.9 Å². The number of anilines is 1. The average molecular weight is 442 g/mol. The van der Waals surface area contributed by atoms with Gasteiger partial charge in [0.25, 0.3) is 5.91 Å². The Morgan fingerprint density at radius 3 is 2.83 bits per heavy atom. The van der Waals surface area contributed by atoms with Crippen LogP contribution in [-0.2, 0) is 6.54 Å². The van der Waals surface area contributed by atoms with Crippen molar-refractivity contribution >= 4 is 34.8 Å². The zero-order valence-corrected chi connectivity index (χ0v) is 17.4. The van der Waals surface area contributed by atoms with Crippen LogP contribution in [-0.4, -0.2) is 33.0 Å². The molecule has 0 aliphatic carbocycles. The second-order valence-electron chi connectivity index (χ2n) is 6.53. The van der Waals surface area contributed by atoms with Gasteiger partial charge in [-0.2, -0.15) is 10.2 Å². The molecule has 0 saturated heterocycles. The standard InChI is InChI=1S/C21H17Cl2N5O2/c1-30-16-4-2-3-13(7-16)11-28-12-15(10-24-28)25-21(29)20-9-19(26-27-20)14-5-6-17(22)18(23)8-14/h2-10,12H,11H2,1H3,(H,25,29)(H,26,27). The van der Waals surface area contributed by atoms with Crippen molar-refractivity contribution in [2.24, 2.45) is 0 Å².